The van der Waals surface area contributed by atoms with Gasteiger partial charge in [-0.1, -0.05) is 36.4 Å². The Balaban J connectivity index is 1.53. The molecule has 0 unspecified atom stereocenters. The van der Waals surface area contributed by atoms with E-state index in [9.17, 15) is 23.9 Å². The van der Waals surface area contributed by atoms with Crippen LogP contribution in [0.4, 0.5) is 10.1 Å². The van der Waals surface area contributed by atoms with Crippen LogP contribution in [0.1, 0.15) is 22.8 Å². The molecule has 0 heterocycles. The van der Waals surface area contributed by atoms with Crippen molar-refractivity contribution in [2.75, 3.05) is 11.9 Å². The molecule has 0 spiro atoms. The summed E-state index contributed by atoms with van der Waals surface area (Å²) in [5, 5.41) is 26.5. The van der Waals surface area contributed by atoms with Crippen LogP contribution in [0, 0.1) is 5.82 Å². The Morgan fingerprint density at radius 1 is 0.944 bits per heavy atom. The molecule has 0 aromatic heterocycles. The zero-order valence-corrected chi connectivity index (χ0v) is 19.5. The van der Waals surface area contributed by atoms with Crippen molar-refractivity contribution in [1.82, 2.24) is 16.1 Å². The van der Waals surface area contributed by atoms with Gasteiger partial charge in [0.2, 0.25) is 5.91 Å². The molecular formula is C26H27FN4O5. The van der Waals surface area contributed by atoms with Gasteiger partial charge in [-0.25, -0.2) is 9.87 Å². The van der Waals surface area contributed by atoms with Crippen LogP contribution in [0.2, 0.25) is 0 Å². The van der Waals surface area contributed by atoms with Gasteiger partial charge in [-0.3, -0.25) is 19.6 Å². The van der Waals surface area contributed by atoms with Crippen LogP contribution in [-0.2, 0) is 16.1 Å². The second-order valence-corrected chi connectivity index (χ2v) is 8.10. The number of amides is 3. The first-order valence-electron chi connectivity index (χ1n) is 11.1. The summed E-state index contributed by atoms with van der Waals surface area (Å²) >= 11 is 0. The Morgan fingerprint density at radius 3 is 2.17 bits per heavy atom. The third-order valence-corrected chi connectivity index (χ3v) is 5.31. The van der Waals surface area contributed by atoms with Gasteiger partial charge >= 0.3 is 0 Å². The van der Waals surface area contributed by atoms with Crippen LogP contribution in [0.5, 0.6) is 0 Å². The van der Waals surface area contributed by atoms with Gasteiger partial charge in [-0.2, -0.15) is 0 Å². The van der Waals surface area contributed by atoms with Crippen LogP contribution in [0.3, 0.4) is 0 Å². The lowest BCUT2D eigenvalue weighted by molar-refractivity contribution is -0.133. The summed E-state index contributed by atoms with van der Waals surface area (Å²) in [7, 11) is 0. The van der Waals surface area contributed by atoms with Crippen molar-refractivity contribution in [3.63, 3.8) is 0 Å². The van der Waals surface area contributed by atoms with Crippen molar-refractivity contribution in [2.45, 2.75) is 25.6 Å². The Bertz CT molecular complexity index is 1200. The number of anilines is 1. The summed E-state index contributed by atoms with van der Waals surface area (Å²) in [5.74, 6) is -2.07. The van der Waals surface area contributed by atoms with Crippen LogP contribution in [-0.4, -0.2) is 46.7 Å². The molecule has 0 fully saturated rings. The monoisotopic (exact) mass is 494 g/mol. The van der Waals surface area contributed by atoms with Gasteiger partial charge in [0.15, 0.2) is 0 Å². The van der Waals surface area contributed by atoms with Crippen molar-refractivity contribution < 1.29 is 29.1 Å². The van der Waals surface area contributed by atoms with Crippen molar-refractivity contribution in [2.24, 2.45) is 0 Å². The van der Waals surface area contributed by atoms with Crippen molar-refractivity contribution >= 4 is 23.4 Å². The first kappa shape index (κ1) is 26.5. The lowest BCUT2D eigenvalue weighted by Gasteiger charge is -2.19. The highest BCUT2D eigenvalue weighted by Gasteiger charge is 2.25. The van der Waals surface area contributed by atoms with E-state index in [-0.39, 0.29) is 23.8 Å². The topological polar surface area (TPSA) is 140 Å². The zero-order valence-electron chi connectivity index (χ0n) is 19.5. The molecule has 3 amide bonds. The van der Waals surface area contributed by atoms with Gasteiger partial charge in [0.1, 0.15) is 11.9 Å². The number of halogens is 1. The van der Waals surface area contributed by atoms with E-state index >= 15 is 0 Å². The summed E-state index contributed by atoms with van der Waals surface area (Å²) in [6.45, 7) is 1.75. The van der Waals surface area contributed by atoms with Crippen LogP contribution in [0.25, 0.3) is 11.1 Å². The molecule has 6 N–H and O–H groups in total. The minimum atomic E-state index is -1.30. The molecule has 0 bridgehead atoms. The molecule has 0 aliphatic rings. The SMILES string of the molecule is C[C@@H](O)[C@H](NC(=O)c1ccc(-c2ccc(NC(=O)CNCc3cccc(F)c3)cc2)cc1)C(=O)NO. The quantitative estimate of drug-likeness (QED) is 0.189. The highest BCUT2D eigenvalue weighted by molar-refractivity contribution is 5.98. The molecule has 3 aromatic rings. The number of hydrogen-bond donors (Lipinski definition) is 6. The van der Waals surface area contributed by atoms with Gasteiger partial charge in [0, 0.05) is 17.8 Å². The average molecular weight is 495 g/mol. The Labute approximate surface area is 207 Å². The second kappa shape index (κ2) is 12.5. The summed E-state index contributed by atoms with van der Waals surface area (Å²) in [4.78, 5) is 36.2. The molecule has 188 valence electrons. The molecule has 0 saturated carbocycles. The Morgan fingerprint density at radius 2 is 1.58 bits per heavy atom. The molecule has 2 atom stereocenters. The zero-order chi connectivity index (χ0) is 26.1. The van der Waals surface area contributed by atoms with Gasteiger partial charge in [0.25, 0.3) is 11.8 Å². The number of hydroxylamine groups is 1. The Hall–Kier alpha value is -4.12. The largest absolute Gasteiger partial charge is 0.391 e. The van der Waals surface area contributed by atoms with E-state index < -0.39 is 24.0 Å². The second-order valence-electron chi connectivity index (χ2n) is 8.10. The smallest absolute Gasteiger partial charge is 0.268 e. The molecule has 0 saturated heterocycles. The molecular weight excluding hydrogens is 467 g/mol. The summed E-state index contributed by atoms with van der Waals surface area (Å²) < 4.78 is 13.2. The minimum absolute atomic E-state index is 0.0671. The number of nitrogens with one attached hydrogen (secondary N) is 4. The third kappa shape index (κ3) is 7.44. The van der Waals surface area contributed by atoms with Gasteiger partial charge in [-0.15, -0.1) is 0 Å². The summed E-state index contributed by atoms with van der Waals surface area (Å²) in [5.41, 5.74) is 4.71. The standard InChI is InChI=1S/C26H27FN4O5/c1-16(32)24(26(35)31-36)30-25(34)20-7-5-18(6-8-20)19-9-11-22(12-10-19)29-23(33)15-28-14-17-3-2-4-21(27)13-17/h2-13,16,24,28,32,36H,14-15H2,1H3,(H,29,33)(H,30,34)(H,31,35)/t16-,24+/m1/s1. The van der Waals surface area contributed by atoms with Gasteiger partial charge < -0.3 is 21.1 Å². The van der Waals surface area contributed by atoms with Gasteiger partial charge in [-0.05, 0) is 60.0 Å². The van der Waals surface area contributed by atoms with E-state index in [0.717, 1.165) is 16.7 Å². The van der Waals surface area contributed by atoms with E-state index in [4.69, 9.17) is 5.21 Å². The fourth-order valence-electron chi connectivity index (χ4n) is 3.43. The maximum Gasteiger partial charge on any atom is 0.268 e. The number of aliphatic hydroxyl groups excluding tert-OH is 1. The van der Waals surface area contributed by atoms with Crippen LogP contribution in [0.15, 0.2) is 72.8 Å². The normalized spacial score (nSPS) is 12.3. The van der Waals surface area contributed by atoms with E-state index in [2.05, 4.69) is 16.0 Å². The molecule has 0 radical (unpaired) electrons. The Kier molecular flexibility index (Phi) is 9.23. The van der Waals surface area contributed by atoms with E-state index in [0.29, 0.717) is 12.2 Å². The highest BCUT2D eigenvalue weighted by Crippen LogP contribution is 2.22. The number of benzene rings is 3. The van der Waals surface area contributed by atoms with Crippen molar-refractivity contribution in [1.29, 1.82) is 0 Å². The molecule has 10 heteroatoms. The summed E-state index contributed by atoms with van der Waals surface area (Å²) in [6.07, 6.45) is -1.21. The number of rotatable bonds is 10. The number of hydrogen-bond acceptors (Lipinski definition) is 6. The third-order valence-electron chi connectivity index (χ3n) is 5.31. The van der Waals surface area contributed by atoms with E-state index in [1.165, 1.54) is 24.5 Å². The van der Waals surface area contributed by atoms with Crippen LogP contribution >= 0.6 is 0 Å². The van der Waals surface area contributed by atoms with Gasteiger partial charge in [0.05, 0.1) is 12.6 Å². The highest BCUT2D eigenvalue weighted by atomic mass is 19.1. The molecule has 9 nitrogen and oxygen atoms in total. The number of aliphatic hydroxyl groups is 1. The predicted octanol–water partition coefficient (Wildman–Crippen LogP) is 2.21. The number of carbonyl (C=O) groups excluding carboxylic acids is 3. The van der Waals surface area contributed by atoms with Crippen molar-refractivity contribution in [3.8, 4) is 11.1 Å². The fourth-order valence-corrected chi connectivity index (χ4v) is 3.43. The first-order valence-corrected chi connectivity index (χ1v) is 11.1. The van der Waals surface area contributed by atoms with Crippen LogP contribution < -0.4 is 21.4 Å². The minimum Gasteiger partial charge on any atom is -0.391 e. The first-order chi connectivity index (χ1) is 17.3. The molecule has 0 aliphatic carbocycles. The lowest BCUT2D eigenvalue weighted by Crippen LogP contribution is -2.51. The molecule has 3 rings (SSSR count). The van der Waals surface area contributed by atoms with E-state index in [1.807, 2.05) is 12.1 Å². The number of carbonyl (C=O) groups is 3. The molecule has 0 aliphatic heterocycles. The predicted molar refractivity (Wildman–Crippen MR) is 131 cm³/mol. The maximum atomic E-state index is 13.2. The summed E-state index contributed by atoms with van der Waals surface area (Å²) in [6, 6.07) is 18.6. The molecule has 36 heavy (non-hydrogen) atoms. The molecule has 3 aromatic carbocycles. The maximum absolute atomic E-state index is 13.2. The average Bonchev–Trinajstić information content (AvgIpc) is 2.87. The fraction of sp³-hybridized carbons (Fsp3) is 0.192. The van der Waals surface area contributed by atoms with Crippen molar-refractivity contribution in [3.05, 3.63) is 89.7 Å². The van der Waals surface area contributed by atoms with E-state index in [1.54, 1.807) is 48.5 Å². The lowest BCUT2D eigenvalue weighted by atomic mass is 10.0.